The average molecular weight is 411 g/mol. The van der Waals surface area contributed by atoms with Crippen molar-refractivity contribution in [3.05, 3.63) is 56.4 Å². The quantitative estimate of drug-likeness (QED) is 0.613. The fraction of sp³-hybridized carbons (Fsp3) is 0.125. The molecule has 0 bridgehead atoms. The van der Waals surface area contributed by atoms with Crippen LogP contribution in [0.4, 0.5) is 5.69 Å². The van der Waals surface area contributed by atoms with Gasteiger partial charge in [0, 0.05) is 10.7 Å². The van der Waals surface area contributed by atoms with E-state index < -0.39 is 6.10 Å². The zero-order valence-corrected chi connectivity index (χ0v) is 14.9. The average Bonchev–Trinajstić information content (AvgIpc) is 2.89. The Morgan fingerprint density at radius 3 is 2.71 bits per heavy atom. The normalized spacial score (nSPS) is 12.1. The minimum Gasteiger partial charge on any atom is -0.480 e. The third-order valence-corrected chi connectivity index (χ3v) is 4.21. The molecule has 0 aliphatic rings. The van der Waals surface area contributed by atoms with Crippen LogP contribution in [-0.4, -0.2) is 22.0 Å². The number of anilines is 1. The molecule has 3 N–H and O–H groups in total. The molecule has 1 heterocycles. The first kappa shape index (κ1) is 16.6. The first-order valence-electron chi connectivity index (χ1n) is 7.07. The molecule has 0 radical (unpaired) electrons. The smallest absolute Gasteiger partial charge is 0.323 e. The van der Waals surface area contributed by atoms with Crippen molar-refractivity contribution >= 4 is 50.2 Å². The second-order valence-corrected chi connectivity index (χ2v) is 6.45. The highest BCUT2D eigenvalue weighted by molar-refractivity contribution is 9.10. The van der Waals surface area contributed by atoms with Crippen LogP contribution < -0.4 is 15.7 Å². The summed E-state index contributed by atoms with van der Waals surface area (Å²) in [5.74, 6) is 0.210. The maximum Gasteiger partial charge on any atom is 0.323 e. The Bertz CT molecular complexity index is 967. The van der Waals surface area contributed by atoms with Crippen LogP contribution in [0, 0.1) is 0 Å². The second kappa shape index (κ2) is 6.70. The second-order valence-electron chi connectivity index (χ2n) is 5.16. The van der Waals surface area contributed by atoms with Gasteiger partial charge in [0.05, 0.1) is 15.5 Å². The van der Waals surface area contributed by atoms with Gasteiger partial charge in [-0.3, -0.25) is 4.79 Å². The van der Waals surface area contributed by atoms with Crippen LogP contribution in [0.2, 0.25) is 5.02 Å². The molecule has 3 rings (SSSR count). The molecule has 1 unspecified atom stereocenters. The Kier molecular flexibility index (Phi) is 4.64. The van der Waals surface area contributed by atoms with Gasteiger partial charge in [-0.1, -0.05) is 11.6 Å². The van der Waals surface area contributed by atoms with Gasteiger partial charge in [-0.2, -0.15) is 0 Å². The maximum absolute atomic E-state index is 12.3. The molecule has 1 amide bonds. The van der Waals surface area contributed by atoms with Crippen molar-refractivity contribution < 1.29 is 9.53 Å². The van der Waals surface area contributed by atoms with Crippen LogP contribution in [0.5, 0.6) is 5.75 Å². The summed E-state index contributed by atoms with van der Waals surface area (Å²) >= 11 is 9.22. The van der Waals surface area contributed by atoms with Gasteiger partial charge >= 0.3 is 5.69 Å². The SMILES string of the molecule is CC(Oc1ccc(Cl)cc1Br)C(=O)Nc1ccc2[nH]c(=O)[nH]c2c1. The number of hydrogen-bond donors (Lipinski definition) is 3. The number of aromatic nitrogens is 2. The highest BCUT2D eigenvalue weighted by Gasteiger charge is 2.16. The zero-order chi connectivity index (χ0) is 17.3. The third kappa shape index (κ3) is 3.63. The highest BCUT2D eigenvalue weighted by atomic mass is 79.9. The van der Waals surface area contributed by atoms with E-state index >= 15 is 0 Å². The molecule has 0 fully saturated rings. The van der Waals surface area contributed by atoms with Crippen molar-refractivity contribution in [1.29, 1.82) is 0 Å². The fourth-order valence-corrected chi connectivity index (χ4v) is 2.95. The number of aromatic amines is 2. The van der Waals surface area contributed by atoms with Gasteiger partial charge in [0.25, 0.3) is 5.91 Å². The summed E-state index contributed by atoms with van der Waals surface area (Å²) in [5.41, 5.74) is 1.56. The topological polar surface area (TPSA) is 87.0 Å². The highest BCUT2D eigenvalue weighted by Crippen LogP contribution is 2.29. The van der Waals surface area contributed by atoms with E-state index in [0.717, 1.165) is 0 Å². The number of benzene rings is 2. The van der Waals surface area contributed by atoms with Crippen molar-refractivity contribution in [3.63, 3.8) is 0 Å². The predicted molar refractivity (Wildman–Crippen MR) is 96.8 cm³/mol. The standard InChI is InChI=1S/C16H13BrClN3O3/c1-8(24-14-5-2-9(18)6-11(14)17)15(22)19-10-3-4-12-13(7-10)21-16(23)20-12/h2-8H,1H3,(H,19,22)(H2,20,21,23). The molecule has 0 aliphatic carbocycles. The van der Waals surface area contributed by atoms with E-state index in [1.165, 1.54) is 0 Å². The Morgan fingerprint density at radius 2 is 1.96 bits per heavy atom. The van der Waals surface area contributed by atoms with Crippen LogP contribution in [-0.2, 0) is 4.79 Å². The number of carbonyl (C=O) groups is 1. The van der Waals surface area contributed by atoms with E-state index in [2.05, 4.69) is 31.2 Å². The van der Waals surface area contributed by atoms with Gasteiger partial charge in [0.1, 0.15) is 5.75 Å². The summed E-state index contributed by atoms with van der Waals surface area (Å²) in [5, 5.41) is 3.32. The summed E-state index contributed by atoms with van der Waals surface area (Å²) in [6, 6.07) is 10.2. The van der Waals surface area contributed by atoms with Gasteiger partial charge in [-0.15, -0.1) is 0 Å². The van der Waals surface area contributed by atoms with Crippen molar-refractivity contribution in [3.8, 4) is 5.75 Å². The lowest BCUT2D eigenvalue weighted by molar-refractivity contribution is -0.122. The lowest BCUT2D eigenvalue weighted by Gasteiger charge is -2.16. The van der Waals surface area contributed by atoms with Gasteiger partial charge in [-0.05, 0) is 59.3 Å². The first-order chi connectivity index (χ1) is 11.4. The summed E-state index contributed by atoms with van der Waals surface area (Å²) in [6.45, 7) is 1.65. The van der Waals surface area contributed by atoms with E-state index in [9.17, 15) is 9.59 Å². The maximum atomic E-state index is 12.3. The van der Waals surface area contributed by atoms with Crippen molar-refractivity contribution in [2.75, 3.05) is 5.32 Å². The van der Waals surface area contributed by atoms with Gasteiger partial charge in [0.2, 0.25) is 0 Å². The minimum absolute atomic E-state index is 0.294. The molecule has 0 spiro atoms. The van der Waals surface area contributed by atoms with E-state index in [0.29, 0.717) is 32.0 Å². The number of halogens is 2. The summed E-state index contributed by atoms with van der Waals surface area (Å²) in [7, 11) is 0. The first-order valence-corrected chi connectivity index (χ1v) is 8.24. The number of amides is 1. The molecule has 0 saturated heterocycles. The predicted octanol–water partition coefficient (Wildman–Crippen LogP) is 3.68. The van der Waals surface area contributed by atoms with Crippen molar-refractivity contribution in [2.24, 2.45) is 0 Å². The number of carbonyl (C=O) groups excluding carboxylic acids is 1. The third-order valence-electron chi connectivity index (χ3n) is 3.35. The number of imidazole rings is 1. The molecule has 0 saturated carbocycles. The lowest BCUT2D eigenvalue weighted by Crippen LogP contribution is -2.30. The van der Waals surface area contributed by atoms with Crippen LogP contribution in [0.1, 0.15) is 6.92 Å². The number of nitrogens with one attached hydrogen (secondary N) is 3. The summed E-state index contributed by atoms with van der Waals surface area (Å²) in [4.78, 5) is 28.8. The Morgan fingerprint density at radius 1 is 1.21 bits per heavy atom. The van der Waals surface area contributed by atoms with Crippen LogP contribution in [0.25, 0.3) is 11.0 Å². The van der Waals surface area contributed by atoms with Crippen molar-refractivity contribution in [1.82, 2.24) is 9.97 Å². The molecular formula is C16H13BrClN3O3. The van der Waals surface area contributed by atoms with Crippen LogP contribution in [0.15, 0.2) is 45.7 Å². The lowest BCUT2D eigenvalue weighted by atomic mass is 10.2. The Hall–Kier alpha value is -2.25. The number of hydrogen-bond acceptors (Lipinski definition) is 3. The van der Waals surface area contributed by atoms with E-state index in [1.807, 2.05) is 0 Å². The fourth-order valence-electron chi connectivity index (χ4n) is 2.17. The number of H-pyrrole nitrogens is 2. The molecule has 8 heteroatoms. The van der Waals surface area contributed by atoms with Crippen LogP contribution >= 0.6 is 27.5 Å². The van der Waals surface area contributed by atoms with E-state index in [4.69, 9.17) is 16.3 Å². The molecule has 1 atom stereocenters. The van der Waals surface area contributed by atoms with Crippen LogP contribution in [0.3, 0.4) is 0 Å². The molecule has 3 aromatic rings. The van der Waals surface area contributed by atoms with E-state index in [1.54, 1.807) is 43.3 Å². The number of rotatable bonds is 4. The molecule has 124 valence electrons. The monoisotopic (exact) mass is 409 g/mol. The Labute approximate surface area is 150 Å². The summed E-state index contributed by atoms with van der Waals surface area (Å²) < 4.78 is 6.31. The van der Waals surface area contributed by atoms with Crippen molar-refractivity contribution in [2.45, 2.75) is 13.0 Å². The van der Waals surface area contributed by atoms with E-state index in [-0.39, 0.29) is 11.6 Å². The zero-order valence-electron chi connectivity index (χ0n) is 12.5. The molecule has 1 aromatic heterocycles. The molecule has 6 nitrogen and oxygen atoms in total. The van der Waals surface area contributed by atoms with Gasteiger partial charge < -0.3 is 20.0 Å². The number of ether oxygens (including phenoxy) is 1. The van der Waals surface area contributed by atoms with Gasteiger partial charge in [-0.25, -0.2) is 4.79 Å². The molecule has 24 heavy (non-hydrogen) atoms. The number of fused-ring (bicyclic) bond motifs is 1. The largest absolute Gasteiger partial charge is 0.480 e. The molecule has 2 aromatic carbocycles. The summed E-state index contributed by atoms with van der Waals surface area (Å²) in [6.07, 6.45) is -0.719. The molecular weight excluding hydrogens is 398 g/mol. The Balaban J connectivity index is 1.71. The minimum atomic E-state index is -0.719. The molecule has 0 aliphatic heterocycles. The van der Waals surface area contributed by atoms with Gasteiger partial charge in [0.15, 0.2) is 6.10 Å².